The van der Waals surface area contributed by atoms with Crippen LogP contribution in [0.25, 0.3) is 0 Å². The molecule has 0 spiro atoms. The molecule has 2 rings (SSSR count). The lowest BCUT2D eigenvalue weighted by atomic mass is 10.1. The van der Waals surface area contributed by atoms with Gasteiger partial charge in [-0.1, -0.05) is 28.1 Å². The Hall–Kier alpha value is -2.94. The molecular weight excluding hydrogens is 440 g/mol. The largest absolute Gasteiger partial charge is 0.480 e. The van der Waals surface area contributed by atoms with E-state index in [9.17, 15) is 19.5 Å². The molecule has 1 aromatic carbocycles. The smallest absolute Gasteiger partial charge is 0.326 e. The second-order valence-corrected chi connectivity index (χ2v) is 7.48. The number of pyridine rings is 1. The molecular formula is C20H23BrN4O4. The number of nitrogens with two attached hydrogens (primary N) is 1. The average Bonchev–Trinajstić information content (AvgIpc) is 2.63. The second-order valence-electron chi connectivity index (χ2n) is 6.56. The van der Waals surface area contributed by atoms with Gasteiger partial charge in [0.1, 0.15) is 11.6 Å². The van der Waals surface area contributed by atoms with Gasteiger partial charge in [0.15, 0.2) is 0 Å². The lowest BCUT2D eigenvalue weighted by Crippen LogP contribution is -2.42. The van der Waals surface area contributed by atoms with Crippen LogP contribution in [0.4, 0.5) is 0 Å². The Bertz CT molecular complexity index is 967. The van der Waals surface area contributed by atoms with Gasteiger partial charge in [0.05, 0.1) is 5.84 Å². The molecule has 1 heterocycles. The van der Waals surface area contributed by atoms with Crippen molar-refractivity contribution in [3.8, 4) is 0 Å². The first-order valence-electron chi connectivity index (χ1n) is 9.03. The number of carbonyl (C=O) groups is 2. The van der Waals surface area contributed by atoms with E-state index in [4.69, 9.17) is 5.73 Å². The monoisotopic (exact) mass is 462 g/mol. The molecule has 0 aliphatic heterocycles. The highest BCUT2D eigenvalue weighted by molar-refractivity contribution is 9.10. The summed E-state index contributed by atoms with van der Waals surface area (Å²) in [5.74, 6) is -1.49. The zero-order chi connectivity index (χ0) is 21.4. The molecule has 0 saturated carbocycles. The molecule has 154 valence electrons. The van der Waals surface area contributed by atoms with Crippen LogP contribution in [0.5, 0.6) is 0 Å². The maximum atomic E-state index is 12.4. The third-order valence-corrected chi connectivity index (χ3v) is 4.61. The number of carboxylic acids is 1. The minimum Gasteiger partial charge on any atom is -0.480 e. The van der Waals surface area contributed by atoms with Gasteiger partial charge in [-0.15, -0.1) is 0 Å². The topological polar surface area (TPSA) is 138 Å². The molecule has 0 radical (unpaired) electrons. The van der Waals surface area contributed by atoms with E-state index in [0.717, 1.165) is 10.0 Å². The number of halogens is 1. The second kappa shape index (κ2) is 10.6. The molecule has 0 fully saturated rings. The fourth-order valence-corrected chi connectivity index (χ4v) is 3.15. The molecule has 0 aliphatic rings. The molecule has 0 unspecified atom stereocenters. The number of amidine groups is 1. The summed E-state index contributed by atoms with van der Waals surface area (Å²) in [4.78, 5) is 42.8. The molecule has 0 saturated heterocycles. The Morgan fingerprint density at radius 3 is 2.69 bits per heavy atom. The first kappa shape index (κ1) is 22.4. The molecule has 1 aromatic heterocycles. The number of H-pyrrole nitrogens is 1. The van der Waals surface area contributed by atoms with Gasteiger partial charge >= 0.3 is 5.97 Å². The van der Waals surface area contributed by atoms with E-state index in [2.05, 4.69) is 31.2 Å². The molecule has 1 atom stereocenters. The minimum absolute atomic E-state index is 0.134. The van der Waals surface area contributed by atoms with Crippen LogP contribution in [0, 0.1) is 0 Å². The number of hydrogen-bond acceptors (Lipinski definition) is 4. The van der Waals surface area contributed by atoms with Crippen LogP contribution in [-0.4, -0.2) is 40.4 Å². The number of amides is 1. The van der Waals surface area contributed by atoms with Gasteiger partial charge in [-0.25, -0.2) is 4.79 Å². The Kier molecular flexibility index (Phi) is 8.14. The molecule has 2 aromatic rings. The standard InChI is InChI=1S/C20H23BrN4O4/c1-12(22)23-9-3-6-17(20(28)29)25-19(27)16-8-7-15(24-18(16)26)11-13-4-2-5-14(21)10-13/h2,4-5,7-8,10,17H,3,6,9,11H2,1H3,(H2,22,23)(H,24,26)(H,25,27)(H,28,29)/t17-/m0/s1. The zero-order valence-corrected chi connectivity index (χ0v) is 17.5. The number of nitrogens with zero attached hydrogens (tertiary/aromatic N) is 1. The number of hydrogen-bond donors (Lipinski definition) is 4. The van der Waals surface area contributed by atoms with Crippen LogP contribution in [0.15, 0.2) is 50.7 Å². The van der Waals surface area contributed by atoms with Crippen LogP contribution in [-0.2, 0) is 11.2 Å². The van der Waals surface area contributed by atoms with Crippen molar-refractivity contribution in [2.45, 2.75) is 32.2 Å². The van der Waals surface area contributed by atoms with E-state index in [0.29, 0.717) is 30.9 Å². The highest BCUT2D eigenvalue weighted by Gasteiger charge is 2.21. The van der Waals surface area contributed by atoms with Crippen LogP contribution >= 0.6 is 15.9 Å². The Labute approximate surface area is 176 Å². The number of aromatic nitrogens is 1. The predicted molar refractivity (Wildman–Crippen MR) is 114 cm³/mol. The third-order valence-electron chi connectivity index (χ3n) is 4.11. The number of aromatic amines is 1. The quantitative estimate of drug-likeness (QED) is 0.256. The first-order valence-corrected chi connectivity index (χ1v) is 9.82. The highest BCUT2D eigenvalue weighted by Crippen LogP contribution is 2.14. The van der Waals surface area contributed by atoms with Gasteiger partial charge < -0.3 is 21.1 Å². The van der Waals surface area contributed by atoms with E-state index in [1.54, 1.807) is 13.0 Å². The summed E-state index contributed by atoms with van der Waals surface area (Å²) in [5, 5.41) is 11.7. The SMILES string of the molecule is CC(N)=NCCC[C@H](NC(=O)c1ccc(Cc2cccc(Br)c2)[nH]c1=O)C(=O)O. The maximum Gasteiger partial charge on any atom is 0.326 e. The number of aliphatic carboxylic acids is 1. The molecule has 9 heteroatoms. The Morgan fingerprint density at radius 2 is 2.07 bits per heavy atom. The number of carboxylic acid groups (broad SMARTS) is 1. The third kappa shape index (κ3) is 7.19. The van der Waals surface area contributed by atoms with Crippen molar-refractivity contribution in [3.63, 3.8) is 0 Å². The molecule has 29 heavy (non-hydrogen) atoms. The number of rotatable bonds is 9. The zero-order valence-electron chi connectivity index (χ0n) is 15.9. The van der Waals surface area contributed by atoms with Crippen molar-refractivity contribution in [2.75, 3.05) is 6.54 Å². The van der Waals surface area contributed by atoms with E-state index in [1.165, 1.54) is 6.07 Å². The van der Waals surface area contributed by atoms with Gasteiger partial charge in [-0.3, -0.25) is 14.6 Å². The number of aliphatic imine (C=N–C) groups is 1. The van der Waals surface area contributed by atoms with Crippen molar-refractivity contribution in [3.05, 3.63) is 68.0 Å². The van der Waals surface area contributed by atoms with E-state index in [1.807, 2.05) is 24.3 Å². The highest BCUT2D eigenvalue weighted by atomic mass is 79.9. The van der Waals surface area contributed by atoms with Gasteiger partial charge in [0, 0.05) is 23.1 Å². The first-order chi connectivity index (χ1) is 13.8. The molecule has 0 aliphatic carbocycles. The summed E-state index contributed by atoms with van der Waals surface area (Å²) >= 11 is 3.40. The summed E-state index contributed by atoms with van der Waals surface area (Å²) in [5.41, 5.74) is 6.37. The fourth-order valence-electron chi connectivity index (χ4n) is 2.71. The van der Waals surface area contributed by atoms with Crippen LogP contribution in [0.1, 0.15) is 41.4 Å². The number of carbonyl (C=O) groups excluding carboxylic acids is 1. The van der Waals surface area contributed by atoms with Gasteiger partial charge in [0.2, 0.25) is 0 Å². The predicted octanol–water partition coefficient (Wildman–Crippen LogP) is 2.07. The van der Waals surface area contributed by atoms with Gasteiger partial charge in [-0.2, -0.15) is 0 Å². The molecule has 5 N–H and O–H groups in total. The lowest BCUT2D eigenvalue weighted by molar-refractivity contribution is -0.139. The summed E-state index contributed by atoms with van der Waals surface area (Å²) in [6, 6.07) is 9.60. The fraction of sp³-hybridized carbons (Fsp3) is 0.300. The van der Waals surface area contributed by atoms with Crippen molar-refractivity contribution >= 4 is 33.6 Å². The average molecular weight is 463 g/mol. The van der Waals surface area contributed by atoms with Crippen molar-refractivity contribution in [1.82, 2.24) is 10.3 Å². The molecule has 1 amide bonds. The van der Waals surface area contributed by atoms with Gasteiger partial charge in [-0.05, 0) is 49.6 Å². The van der Waals surface area contributed by atoms with Crippen molar-refractivity contribution in [1.29, 1.82) is 0 Å². The van der Waals surface area contributed by atoms with Crippen molar-refractivity contribution < 1.29 is 14.7 Å². The van der Waals surface area contributed by atoms with E-state index < -0.39 is 23.5 Å². The van der Waals surface area contributed by atoms with E-state index >= 15 is 0 Å². The Morgan fingerprint density at radius 1 is 1.31 bits per heavy atom. The summed E-state index contributed by atoms with van der Waals surface area (Å²) < 4.78 is 0.931. The van der Waals surface area contributed by atoms with Crippen molar-refractivity contribution in [2.24, 2.45) is 10.7 Å². The summed E-state index contributed by atoms with van der Waals surface area (Å²) in [7, 11) is 0. The van der Waals surface area contributed by atoms with Crippen LogP contribution in [0.2, 0.25) is 0 Å². The number of nitrogens with one attached hydrogen (secondary N) is 2. The maximum absolute atomic E-state index is 12.4. The normalized spacial score (nSPS) is 12.4. The van der Waals surface area contributed by atoms with Crippen LogP contribution in [0.3, 0.4) is 0 Å². The minimum atomic E-state index is -1.17. The Balaban J connectivity index is 2.04. The van der Waals surface area contributed by atoms with E-state index in [-0.39, 0.29) is 12.0 Å². The van der Waals surface area contributed by atoms with Crippen LogP contribution < -0.4 is 16.6 Å². The van der Waals surface area contributed by atoms with Gasteiger partial charge in [0.25, 0.3) is 11.5 Å². The molecule has 0 bridgehead atoms. The summed E-state index contributed by atoms with van der Waals surface area (Å²) in [6.07, 6.45) is 1.11. The lowest BCUT2D eigenvalue weighted by Gasteiger charge is -2.14. The number of benzene rings is 1. The summed E-state index contributed by atoms with van der Waals surface area (Å²) in [6.45, 7) is 2.01. The molecule has 8 nitrogen and oxygen atoms in total.